The summed E-state index contributed by atoms with van der Waals surface area (Å²) in [5.74, 6) is -2.00. The largest absolute Gasteiger partial charge is 0.343 e. The third-order valence-corrected chi connectivity index (χ3v) is 4.06. The molecule has 0 saturated carbocycles. The van der Waals surface area contributed by atoms with Gasteiger partial charge in [0.2, 0.25) is 0 Å². The molecule has 1 unspecified atom stereocenters. The number of halogens is 2. The second-order valence-electron chi connectivity index (χ2n) is 2.62. The van der Waals surface area contributed by atoms with Crippen molar-refractivity contribution in [3.8, 4) is 0 Å². The Morgan fingerprint density at radius 2 is 2.43 bits per heavy atom. The molecule has 1 N–H and O–H groups in total. The smallest absolute Gasteiger partial charge is 0.306 e. The molecule has 0 bridgehead atoms. The van der Waals surface area contributed by atoms with Crippen LogP contribution in [0, 0.1) is 0 Å². The number of hydrogen-bond donors (Lipinski definition) is 1. The Morgan fingerprint density at radius 1 is 1.64 bits per heavy atom. The van der Waals surface area contributed by atoms with Gasteiger partial charge in [-0.25, -0.2) is 9.76 Å². The van der Waals surface area contributed by atoms with Crippen LogP contribution in [0.4, 0.5) is 0 Å². The van der Waals surface area contributed by atoms with Crippen LogP contribution in [0.5, 0.6) is 0 Å². The molecule has 1 aliphatic rings. The van der Waals surface area contributed by atoms with Crippen LogP contribution < -0.4 is 5.09 Å². The summed E-state index contributed by atoms with van der Waals surface area (Å²) in [7, 11) is -3.66. The van der Waals surface area contributed by atoms with Crippen molar-refractivity contribution in [2.24, 2.45) is 0 Å². The number of rotatable bonds is 5. The van der Waals surface area contributed by atoms with Crippen LogP contribution in [-0.4, -0.2) is 42.6 Å². The summed E-state index contributed by atoms with van der Waals surface area (Å²) < 4.78 is 48.1. The number of nitrogens with one attached hydrogen (secondary N) is 1. The quantitative estimate of drug-likeness (QED) is 0.608. The van der Waals surface area contributed by atoms with Gasteiger partial charge in [-0.05, 0) is 6.42 Å². The van der Waals surface area contributed by atoms with Gasteiger partial charge in [0.15, 0.2) is 0 Å². The first-order valence-corrected chi connectivity index (χ1v) is 6.63. The van der Waals surface area contributed by atoms with E-state index in [1.165, 1.54) is 0 Å². The summed E-state index contributed by atoms with van der Waals surface area (Å²) in [6.07, 6.45) is 0.0689. The van der Waals surface area contributed by atoms with Gasteiger partial charge in [-0.2, -0.15) is 0 Å². The first-order chi connectivity index (χ1) is 8.08. The topological polar surface area (TPSA) is 41.6 Å². The molecule has 0 aromatic heterocycles. The maximum atomic E-state index is 12.5. The van der Waals surface area contributed by atoms with Crippen molar-refractivity contribution in [3.63, 3.8) is 0 Å². The predicted octanol–water partition coefficient (Wildman–Crippen LogP) is 1.88. The van der Waals surface area contributed by atoms with Gasteiger partial charge in [0, 0.05) is 34.1 Å². The van der Waals surface area contributed by atoms with Crippen LogP contribution in [0.3, 0.4) is 0 Å². The standard InChI is InChI=1S/C7H15Cl2N2O2P/c8-2-5-11(6-3-9)14(12)10-4-1-7-13-14/h1-7H2,(H,10,12)/i2D2,7D2. The van der Waals surface area contributed by atoms with Crippen molar-refractivity contribution in [2.45, 2.75) is 6.42 Å². The molecule has 0 radical (unpaired) electrons. The van der Waals surface area contributed by atoms with E-state index in [0.29, 0.717) is 0 Å². The fourth-order valence-corrected chi connectivity index (χ4v) is 3.25. The summed E-state index contributed by atoms with van der Waals surface area (Å²) in [5, 5.41) is 2.59. The molecule has 4 nitrogen and oxygen atoms in total. The number of alkyl halides is 2. The SMILES string of the molecule is [2H]C([2H])(Cl)CN(CCCl)P1(=O)NCCC([2H])([2H])O1. The lowest BCUT2D eigenvalue weighted by Gasteiger charge is -2.33. The van der Waals surface area contributed by atoms with Gasteiger partial charge in [-0.15, -0.1) is 23.2 Å². The molecule has 14 heavy (non-hydrogen) atoms. The highest BCUT2D eigenvalue weighted by molar-refractivity contribution is 7.54. The molecule has 1 aliphatic heterocycles. The van der Waals surface area contributed by atoms with E-state index < -0.39 is 20.1 Å². The highest BCUT2D eigenvalue weighted by Crippen LogP contribution is 2.47. The average Bonchev–Trinajstić information content (AvgIpc) is 2.12. The molecule has 0 spiro atoms. The third-order valence-electron chi connectivity index (χ3n) is 1.68. The molecule has 0 aromatic carbocycles. The zero-order valence-electron chi connectivity index (χ0n) is 11.5. The van der Waals surface area contributed by atoms with Crippen LogP contribution in [-0.2, 0) is 9.09 Å². The van der Waals surface area contributed by atoms with E-state index in [-0.39, 0.29) is 31.9 Å². The van der Waals surface area contributed by atoms with Gasteiger partial charge in [-0.1, -0.05) is 0 Å². The Kier molecular flexibility index (Phi) is 3.55. The van der Waals surface area contributed by atoms with Gasteiger partial charge in [-0.3, -0.25) is 4.57 Å². The molecule has 84 valence electrons. The van der Waals surface area contributed by atoms with E-state index in [9.17, 15) is 4.57 Å². The van der Waals surface area contributed by atoms with Crippen molar-refractivity contribution in [1.82, 2.24) is 9.76 Å². The normalized spacial score (nSPS) is 37.1. The van der Waals surface area contributed by atoms with E-state index >= 15 is 0 Å². The van der Waals surface area contributed by atoms with Crippen LogP contribution in [0.2, 0.25) is 0 Å². The molecular formula is C7H15Cl2N2O2P. The fraction of sp³-hybridized carbons (Fsp3) is 1.00. The highest BCUT2D eigenvalue weighted by atomic mass is 35.5. The molecule has 0 amide bonds. The predicted molar refractivity (Wildman–Crippen MR) is 59.2 cm³/mol. The van der Waals surface area contributed by atoms with Gasteiger partial charge in [0.05, 0.1) is 9.30 Å². The maximum absolute atomic E-state index is 12.5. The van der Waals surface area contributed by atoms with Crippen molar-refractivity contribution in [3.05, 3.63) is 0 Å². The van der Waals surface area contributed by atoms with Crippen molar-refractivity contribution >= 4 is 30.9 Å². The Hall–Kier alpha value is 0.690. The van der Waals surface area contributed by atoms with Gasteiger partial charge in [0.1, 0.15) is 0 Å². The van der Waals surface area contributed by atoms with E-state index in [0.717, 1.165) is 4.67 Å². The molecule has 1 heterocycles. The van der Waals surface area contributed by atoms with Crippen molar-refractivity contribution < 1.29 is 14.6 Å². The third kappa shape index (κ3) is 3.37. The molecule has 1 fully saturated rings. The minimum Gasteiger partial charge on any atom is -0.306 e. The lowest BCUT2D eigenvalue weighted by molar-refractivity contribution is 0.233. The van der Waals surface area contributed by atoms with Crippen molar-refractivity contribution in [1.29, 1.82) is 0 Å². The average molecular weight is 265 g/mol. The molecule has 1 rings (SSSR count). The summed E-state index contributed by atoms with van der Waals surface area (Å²) >= 11 is 11.0. The van der Waals surface area contributed by atoms with Crippen LogP contribution in [0.1, 0.15) is 11.9 Å². The second-order valence-corrected chi connectivity index (χ2v) is 5.38. The van der Waals surface area contributed by atoms with Crippen LogP contribution >= 0.6 is 30.9 Å². The van der Waals surface area contributed by atoms with Crippen molar-refractivity contribution in [2.75, 3.05) is 37.9 Å². The molecule has 7 heteroatoms. The van der Waals surface area contributed by atoms with Gasteiger partial charge in [0.25, 0.3) is 0 Å². The Balaban J connectivity index is 2.86. The zero-order chi connectivity index (χ0) is 14.0. The lowest BCUT2D eigenvalue weighted by Crippen LogP contribution is -2.35. The molecule has 1 saturated heterocycles. The minimum atomic E-state index is -3.66. The Morgan fingerprint density at radius 3 is 3.00 bits per heavy atom. The van der Waals surface area contributed by atoms with Gasteiger partial charge < -0.3 is 4.52 Å². The van der Waals surface area contributed by atoms with E-state index in [1.54, 1.807) is 0 Å². The number of hydrogen-bond acceptors (Lipinski definition) is 2. The summed E-state index contributed by atoms with van der Waals surface area (Å²) in [4.78, 5) is 0. The minimum absolute atomic E-state index is 0.0689. The van der Waals surface area contributed by atoms with Crippen LogP contribution in [0.15, 0.2) is 0 Å². The summed E-state index contributed by atoms with van der Waals surface area (Å²) in [6.45, 7) is -2.13. The molecule has 0 aliphatic carbocycles. The Labute approximate surface area is 100 Å². The first-order valence-electron chi connectivity index (χ1n) is 6.14. The molecule has 0 aromatic rings. The van der Waals surface area contributed by atoms with E-state index in [1.807, 2.05) is 0 Å². The summed E-state index contributed by atoms with van der Waals surface area (Å²) in [6, 6.07) is 0. The van der Waals surface area contributed by atoms with E-state index in [2.05, 4.69) is 5.09 Å². The molecule has 1 atom stereocenters. The highest BCUT2D eigenvalue weighted by Gasteiger charge is 2.32. The van der Waals surface area contributed by atoms with E-state index in [4.69, 9.17) is 33.2 Å². The second kappa shape index (κ2) is 6.31. The summed E-state index contributed by atoms with van der Waals surface area (Å²) in [5.41, 5.74) is 0. The van der Waals surface area contributed by atoms with Gasteiger partial charge >= 0.3 is 7.67 Å². The van der Waals surface area contributed by atoms with Crippen LogP contribution in [0.25, 0.3) is 0 Å². The first kappa shape index (κ1) is 7.88. The monoisotopic (exact) mass is 264 g/mol. The molecular weight excluding hydrogens is 246 g/mol. The zero-order valence-corrected chi connectivity index (χ0v) is 9.91. The fourth-order valence-electron chi connectivity index (χ4n) is 1.04. The lowest BCUT2D eigenvalue weighted by atomic mass is 10.5. The maximum Gasteiger partial charge on any atom is 0.343 e. The Bertz CT molecular complexity index is 342. The number of nitrogens with zero attached hydrogens (tertiary/aromatic N) is 1.